The molecule has 0 aromatic heterocycles. The fourth-order valence-corrected chi connectivity index (χ4v) is 3.02. The van der Waals surface area contributed by atoms with Crippen molar-refractivity contribution in [3.05, 3.63) is 0 Å². The molecule has 0 aliphatic heterocycles. The van der Waals surface area contributed by atoms with Crippen LogP contribution in [0.3, 0.4) is 0 Å². The summed E-state index contributed by atoms with van der Waals surface area (Å²) in [6, 6.07) is 0. The van der Waals surface area contributed by atoms with Crippen molar-refractivity contribution < 1.29 is 0 Å². The van der Waals surface area contributed by atoms with Gasteiger partial charge in [0.15, 0.2) is 0 Å². The Morgan fingerprint density at radius 3 is 2.27 bits per heavy atom. The van der Waals surface area contributed by atoms with Crippen molar-refractivity contribution in [3.63, 3.8) is 0 Å². The Hall–Kier alpha value is 0. The van der Waals surface area contributed by atoms with Crippen LogP contribution in [0.5, 0.6) is 0 Å². The molecule has 0 saturated heterocycles. The largest absolute Gasteiger partial charge is 0.0654 e. The standard InChI is InChI=1S/C15H30/c1-4-6-7-8-9-10-14-11-12-15(14)13(3)5-2/h13-15H,4-12H2,1-3H3. The zero-order valence-corrected chi connectivity index (χ0v) is 11.1. The van der Waals surface area contributed by atoms with E-state index in [1.807, 2.05) is 0 Å². The monoisotopic (exact) mass is 210 g/mol. The van der Waals surface area contributed by atoms with Crippen molar-refractivity contribution in [1.29, 1.82) is 0 Å². The fraction of sp³-hybridized carbons (Fsp3) is 1.00. The van der Waals surface area contributed by atoms with Gasteiger partial charge in [-0.05, 0) is 30.6 Å². The van der Waals surface area contributed by atoms with Crippen LogP contribution in [-0.2, 0) is 0 Å². The predicted octanol–water partition coefficient (Wildman–Crippen LogP) is 5.42. The topological polar surface area (TPSA) is 0 Å². The van der Waals surface area contributed by atoms with E-state index in [1.165, 1.54) is 57.8 Å². The molecular formula is C15H30. The van der Waals surface area contributed by atoms with E-state index in [9.17, 15) is 0 Å². The maximum Gasteiger partial charge on any atom is -0.0360 e. The minimum atomic E-state index is 0.986. The third-order valence-corrected chi connectivity index (χ3v) is 4.53. The normalized spacial score (nSPS) is 27.4. The molecule has 90 valence electrons. The summed E-state index contributed by atoms with van der Waals surface area (Å²) in [7, 11) is 0. The maximum absolute atomic E-state index is 2.45. The average molecular weight is 210 g/mol. The van der Waals surface area contributed by atoms with Gasteiger partial charge >= 0.3 is 0 Å². The Balaban J connectivity index is 2.02. The van der Waals surface area contributed by atoms with Gasteiger partial charge < -0.3 is 0 Å². The lowest BCUT2D eigenvalue weighted by atomic mass is 9.65. The highest BCUT2D eigenvalue weighted by molar-refractivity contribution is 4.83. The van der Waals surface area contributed by atoms with E-state index in [2.05, 4.69) is 20.8 Å². The van der Waals surface area contributed by atoms with E-state index in [0.29, 0.717) is 0 Å². The summed E-state index contributed by atoms with van der Waals surface area (Å²) in [5.74, 6) is 3.17. The molecule has 0 N–H and O–H groups in total. The Labute approximate surface area is 96.8 Å². The summed E-state index contributed by atoms with van der Waals surface area (Å²) in [5.41, 5.74) is 0. The number of rotatable bonds is 8. The maximum atomic E-state index is 2.45. The number of unbranched alkanes of at least 4 members (excludes halogenated alkanes) is 4. The lowest BCUT2D eigenvalue weighted by Gasteiger charge is -2.41. The first kappa shape index (κ1) is 13.1. The molecule has 1 aliphatic carbocycles. The van der Waals surface area contributed by atoms with E-state index in [-0.39, 0.29) is 0 Å². The first-order valence-corrected chi connectivity index (χ1v) is 7.29. The van der Waals surface area contributed by atoms with Crippen molar-refractivity contribution in [3.8, 4) is 0 Å². The average Bonchev–Trinajstić information content (AvgIpc) is 2.21. The van der Waals surface area contributed by atoms with Crippen LogP contribution in [0.4, 0.5) is 0 Å². The third-order valence-electron chi connectivity index (χ3n) is 4.53. The molecule has 3 atom stereocenters. The Morgan fingerprint density at radius 1 is 1.00 bits per heavy atom. The number of hydrogen-bond donors (Lipinski definition) is 0. The Kier molecular flexibility index (Phi) is 6.36. The van der Waals surface area contributed by atoms with Crippen LogP contribution in [0.15, 0.2) is 0 Å². The summed E-state index contributed by atoms with van der Waals surface area (Å²) in [5, 5.41) is 0. The molecule has 3 unspecified atom stereocenters. The van der Waals surface area contributed by atoms with Gasteiger partial charge in [0.2, 0.25) is 0 Å². The molecule has 1 rings (SSSR count). The second-order valence-electron chi connectivity index (χ2n) is 5.59. The SMILES string of the molecule is CCCCCCCC1CCC1C(C)CC. The van der Waals surface area contributed by atoms with Crippen LogP contribution >= 0.6 is 0 Å². The van der Waals surface area contributed by atoms with E-state index in [0.717, 1.165) is 17.8 Å². The van der Waals surface area contributed by atoms with E-state index in [4.69, 9.17) is 0 Å². The lowest BCUT2D eigenvalue weighted by molar-refractivity contribution is 0.0993. The molecule has 0 aromatic rings. The van der Waals surface area contributed by atoms with Crippen LogP contribution in [-0.4, -0.2) is 0 Å². The lowest BCUT2D eigenvalue weighted by Crippen LogP contribution is -2.31. The van der Waals surface area contributed by atoms with Gasteiger partial charge in [0.1, 0.15) is 0 Å². The molecule has 0 bridgehead atoms. The highest BCUT2D eigenvalue weighted by atomic mass is 14.4. The van der Waals surface area contributed by atoms with Crippen molar-refractivity contribution in [2.45, 2.75) is 78.6 Å². The number of hydrogen-bond acceptors (Lipinski definition) is 0. The second-order valence-corrected chi connectivity index (χ2v) is 5.59. The van der Waals surface area contributed by atoms with Crippen LogP contribution in [0.1, 0.15) is 78.6 Å². The summed E-state index contributed by atoms with van der Waals surface area (Å²) in [6.07, 6.45) is 13.2. The molecular weight excluding hydrogens is 180 g/mol. The highest BCUT2D eigenvalue weighted by Gasteiger charge is 2.33. The molecule has 0 heterocycles. The van der Waals surface area contributed by atoms with Crippen LogP contribution in [0, 0.1) is 17.8 Å². The molecule has 1 saturated carbocycles. The zero-order chi connectivity index (χ0) is 11.1. The van der Waals surface area contributed by atoms with E-state index >= 15 is 0 Å². The van der Waals surface area contributed by atoms with Crippen molar-refractivity contribution >= 4 is 0 Å². The van der Waals surface area contributed by atoms with Gasteiger partial charge in [0.25, 0.3) is 0 Å². The third kappa shape index (κ3) is 4.17. The predicted molar refractivity (Wildman–Crippen MR) is 69.0 cm³/mol. The summed E-state index contributed by atoms with van der Waals surface area (Å²) < 4.78 is 0. The first-order valence-electron chi connectivity index (χ1n) is 7.29. The molecule has 0 nitrogen and oxygen atoms in total. The molecule has 1 aliphatic rings. The van der Waals surface area contributed by atoms with Gasteiger partial charge in [-0.25, -0.2) is 0 Å². The van der Waals surface area contributed by atoms with Gasteiger partial charge in [0.05, 0.1) is 0 Å². The minimum absolute atomic E-state index is 0.986. The second kappa shape index (κ2) is 7.30. The van der Waals surface area contributed by atoms with Gasteiger partial charge in [-0.2, -0.15) is 0 Å². The molecule has 0 heteroatoms. The fourth-order valence-electron chi connectivity index (χ4n) is 3.02. The van der Waals surface area contributed by atoms with Crippen LogP contribution in [0.25, 0.3) is 0 Å². The van der Waals surface area contributed by atoms with Gasteiger partial charge in [-0.3, -0.25) is 0 Å². The summed E-state index contributed by atoms with van der Waals surface area (Å²) in [4.78, 5) is 0. The quantitative estimate of drug-likeness (QED) is 0.469. The van der Waals surface area contributed by atoms with E-state index < -0.39 is 0 Å². The van der Waals surface area contributed by atoms with Crippen molar-refractivity contribution in [2.24, 2.45) is 17.8 Å². The van der Waals surface area contributed by atoms with Crippen LogP contribution < -0.4 is 0 Å². The Morgan fingerprint density at radius 2 is 1.73 bits per heavy atom. The smallest absolute Gasteiger partial charge is 0.0360 e. The van der Waals surface area contributed by atoms with Gasteiger partial charge in [0, 0.05) is 0 Å². The molecule has 15 heavy (non-hydrogen) atoms. The Bertz CT molecular complexity index is 150. The minimum Gasteiger partial charge on any atom is -0.0654 e. The molecule has 0 radical (unpaired) electrons. The van der Waals surface area contributed by atoms with E-state index in [1.54, 1.807) is 0 Å². The molecule has 0 amide bonds. The zero-order valence-electron chi connectivity index (χ0n) is 11.1. The highest BCUT2D eigenvalue weighted by Crippen LogP contribution is 2.43. The van der Waals surface area contributed by atoms with Gasteiger partial charge in [-0.15, -0.1) is 0 Å². The summed E-state index contributed by atoms with van der Waals surface area (Å²) >= 11 is 0. The molecule has 1 fully saturated rings. The summed E-state index contributed by atoms with van der Waals surface area (Å²) in [6.45, 7) is 7.10. The first-order chi connectivity index (χ1) is 7.29. The van der Waals surface area contributed by atoms with Crippen molar-refractivity contribution in [2.75, 3.05) is 0 Å². The molecule has 0 spiro atoms. The van der Waals surface area contributed by atoms with Gasteiger partial charge in [-0.1, -0.05) is 65.7 Å². The molecule has 0 aromatic carbocycles. The van der Waals surface area contributed by atoms with Crippen LogP contribution in [0.2, 0.25) is 0 Å². The van der Waals surface area contributed by atoms with Crippen molar-refractivity contribution in [1.82, 2.24) is 0 Å².